The molecule has 102 valence electrons. The second kappa shape index (κ2) is 4.39. The first-order valence-electron chi connectivity index (χ1n) is 7.16. The molecule has 1 aliphatic carbocycles. The van der Waals surface area contributed by atoms with Gasteiger partial charge in [-0.1, -0.05) is 0 Å². The average Bonchev–Trinajstić information content (AvgIpc) is 3.03. The van der Waals surface area contributed by atoms with E-state index in [2.05, 4.69) is 4.90 Å². The summed E-state index contributed by atoms with van der Waals surface area (Å²) in [6.07, 6.45) is 4.10. The van der Waals surface area contributed by atoms with E-state index in [0.29, 0.717) is 24.8 Å². The number of hydrogen-bond acceptors (Lipinski definition) is 4. The molecule has 0 bridgehead atoms. The summed E-state index contributed by atoms with van der Waals surface area (Å²) in [5.74, 6) is 1.12. The van der Waals surface area contributed by atoms with E-state index in [0.717, 1.165) is 18.9 Å². The van der Waals surface area contributed by atoms with Gasteiger partial charge >= 0.3 is 0 Å². The van der Waals surface area contributed by atoms with Crippen LogP contribution in [0.15, 0.2) is 18.2 Å². The maximum absolute atomic E-state index is 9.53. The molecule has 1 aromatic rings. The number of hydrogen-bond donors (Lipinski definition) is 1. The highest BCUT2D eigenvalue weighted by Crippen LogP contribution is 2.42. The molecule has 2 aliphatic heterocycles. The van der Waals surface area contributed by atoms with E-state index in [9.17, 15) is 5.11 Å². The van der Waals surface area contributed by atoms with Gasteiger partial charge in [0, 0.05) is 24.2 Å². The van der Waals surface area contributed by atoms with Crippen molar-refractivity contribution in [2.24, 2.45) is 0 Å². The number of ether oxygens (including phenoxy) is 2. The van der Waals surface area contributed by atoms with E-state index in [-0.39, 0.29) is 5.75 Å². The van der Waals surface area contributed by atoms with Crippen LogP contribution in [0.3, 0.4) is 0 Å². The summed E-state index contributed by atoms with van der Waals surface area (Å²) in [5.41, 5.74) is 1.21. The molecule has 4 rings (SSSR count). The Kier molecular flexibility index (Phi) is 2.67. The second-order valence-electron chi connectivity index (χ2n) is 5.69. The molecule has 4 nitrogen and oxygen atoms in total. The average molecular weight is 261 g/mol. The van der Waals surface area contributed by atoms with Crippen molar-refractivity contribution in [1.82, 2.24) is 4.90 Å². The fourth-order valence-corrected chi connectivity index (χ4v) is 3.80. The first kappa shape index (κ1) is 11.6. The molecule has 4 heteroatoms. The van der Waals surface area contributed by atoms with Gasteiger partial charge in [0.05, 0.1) is 18.8 Å². The zero-order valence-electron chi connectivity index (χ0n) is 10.9. The van der Waals surface area contributed by atoms with E-state index in [1.54, 1.807) is 12.1 Å². The number of fused-ring (bicyclic) bond motifs is 2. The van der Waals surface area contributed by atoms with Gasteiger partial charge in [0.25, 0.3) is 0 Å². The molecular weight excluding hydrogens is 242 g/mol. The van der Waals surface area contributed by atoms with Crippen LogP contribution < -0.4 is 4.74 Å². The SMILES string of the molecule is Oc1ccc2c(c1)OCC2N1CCOC2CCCC21. The van der Waals surface area contributed by atoms with E-state index in [4.69, 9.17) is 9.47 Å². The highest BCUT2D eigenvalue weighted by molar-refractivity contribution is 5.44. The monoisotopic (exact) mass is 261 g/mol. The smallest absolute Gasteiger partial charge is 0.127 e. The molecule has 3 atom stereocenters. The number of phenolic OH excluding ortho intramolecular Hbond substituents is 1. The lowest BCUT2D eigenvalue weighted by atomic mass is 10.0. The zero-order chi connectivity index (χ0) is 12.8. The van der Waals surface area contributed by atoms with E-state index in [1.165, 1.54) is 24.8 Å². The van der Waals surface area contributed by atoms with Gasteiger partial charge in [0.15, 0.2) is 0 Å². The van der Waals surface area contributed by atoms with E-state index in [1.807, 2.05) is 6.07 Å². The number of nitrogens with zero attached hydrogens (tertiary/aromatic N) is 1. The summed E-state index contributed by atoms with van der Waals surface area (Å²) in [7, 11) is 0. The second-order valence-corrected chi connectivity index (χ2v) is 5.69. The van der Waals surface area contributed by atoms with Gasteiger partial charge < -0.3 is 14.6 Å². The Morgan fingerprint density at radius 2 is 2.21 bits per heavy atom. The Balaban J connectivity index is 1.64. The maximum Gasteiger partial charge on any atom is 0.127 e. The minimum atomic E-state index is 0.278. The molecule has 2 fully saturated rings. The van der Waals surface area contributed by atoms with E-state index >= 15 is 0 Å². The van der Waals surface area contributed by atoms with Gasteiger partial charge in [0.1, 0.15) is 18.1 Å². The lowest BCUT2D eigenvalue weighted by Crippen LogP contribution is -2.50. The van der Waals surface area contributed by atoms with Crippen LogP contribution in [-0.2, 0) is 4.74 Å². The third kappa shape index (κ3) is 1.82. The van der Waals surface area contributed by atoms with E-state index < -0.39 is 0 Å². The van der Waals surface area contributed by atoms with Gasteiger partial charge in [0.2, 0.25) is 0 Å². The van der Waals surface area contributed by atoms with Crippen molar-refractivity contribution in [2.45, 2.75) is 37.5 Å². The van der Waals surface area contributed by atoms with Crippen molar-refractivity contribution in [1.29, 1.82) is 0 Å². The number of morpholine rings is 1. The topological polar surface area (TPSA) is 41.9 Å². The van der Waals surface area contributed by atoms with Crippen LogP contribution in [-0.4, -0.2) is 41.9 Å². The van der Waals surface area contributed by atoms with Crippen LogP contribution in [0.4, 0.5) is 0 Å². The standard InChI is InChI=1S/C15H19NO3/c17-10-4-5-11-13(9-19-15(11)8-10)16-6-7-18-14-3-1-2-12(14)16/h4-5,8,12-14,17H,1-3,6-7,9H2. The fourth-order valence-electron chi connectivity index (χ4n) is 3.80. The molecule has 1 saturated heterocycles. The van der Waals surface area contributed by atoms with Crippen molar-refractivity contribution >= 4 is 0 Å². The van der Waals surface area contributed by atoms with Gasteiger partial charge in [-0.2, -0.15) is 0 Å². The van der Waals surface area contributed by atoms with Crippen LogP contribution in [0.1, 0.15) is 30.9 Å². The van der Waals surface area contributed by atoms with Crippen LogP contribution >= 0.6 is 0 Å². The summed E-state index contributed by atoms with van der Waals surface area (Å²) in [4.78, 5) is 2.56. The van der Waals surface area contributed by atoms with Crippen LogP contribution in [0.2, 0.25) is 0 Å². The Morgan fingerprint density at radius 1 is 1.26 bits per heavy atom. The van der Waals surface area contributed by atoms with Crippen LogP contribution in [0.5, 0.6) is 11.5 Å². The molecule has 0 spiro atoms. The number of aromatic hydroxyl groups is 1. The molecule has 3 aliphatic rings. The Hall–Kier alpha value is -1.26. The summed E-state index contributed by atoms with van der Waals surface area (Å²) in [6.45, 7) is 2.50. The van der Waals surface area contributed by atoms with Crippen molar-refractivity contribution in [3.8, 4) is 11.5 Å². The summed E-state index contributed by atoms with van der Waals surface area (Å²) in [6, 6.07) is 6.35. The number of phenols is 1. The van der Waals surface area contributed by atoms with Gasteiger partial charge in [-0.3, -0.25) is 4.90 Å². The summed E-state index contributed by atoms with van der Waals surface area (Å²) in [5, 5.41) is 9.53. The largest absolute Gasteiger partial charge is 0.508 e. The quantitative estimate of drug-likeness (QED) is 0.840. The molecule has 1 aromatic carbocycles. The van der Waals surface area contributed by atoms with Gasteiger partial charge in [-0.25, -0.2) is 0 Å². The molecule has 3 unspecified atom stereocenters. The normalized spacial score (nSPS) is 33.8. The van der Waals surface area contributed by atoms with Crippen LogP contribution in [0.25, 0.3) is 0 Å². The van der Waals surface area contributed by atoms with Gasteiger partial charge in [-0.15, -0.1) is 0 Å². The number of rotatable bonds is 1. The highest BCUT2D eigenvalue weighted by atomic mass is 16.5. The molecule has 0 radical (unpaired) electrons. The van der Waals surface area contributed by atoms with Crippen molar-refractivity contribution in [3.05, 3.63) is 23.8 Å². The van der Waals surface area contributed by atoms with Crippen molar-refractivity contribution < 1.29 is 14.6 Å². The lowest BCUT2D eigenvalue weighted by Gasteiger charge is -2.40. The molecule has 19 heavy (non-hydrogen) atoms. The molecule has 2 heterocycles. The Labute approximate surface area is 112 Å². The maximum atomic E-state index is 9.53. The Bertz CT molecular complexity index is 490. The molecular formula is C15H19NO3. The third-order valence-electron chi connectivity index (χ3n) is 4.68. The van der Waals surface area contributed by atoms with Crippen LogP contribution in [0, 0.1) is 0 Å². The predicted molar refractivity (Wildman–Crippen MR) is 70.4 cm³/mol. The molecule has 0 amide bonds. The lowest BCUT2D eigenvalue weighted by molar-refractivity contribution is -0.0742. The first-order chi connectivity index (χ1) is 9.33. The zero-order valence-corrected chi connectivity index (χ0v) is 10.9. The van der Waals surface area contributed by atoms with Crippen molar-refractivity contribution in [3.63, 3.8) is 0 Å². The number of benzene rings is 1. The third-order valence-corrected chi connectivity index (χ3v) is 4.68. The predicted octanol–water partition coefficient (Wildman–Crippen LogP) is 2.08. The highest BCUT2D eigenvalue weighted by Gasteiger charge is 2.42. The van der Waals surface area contributed by atoms with Crippen molar-refractivity contribution in [2.75, 3.05) is 19.8 Å². The van der Waals surface area contributed by atoms with Gasteiger partial charge in [-0.05, 0) is 31.4 Å². The Morgan fingerprint density at radius 3 is 3.16 bits per heavy atom. The molecule has 1 N–H and O–H groups in total. The minimum absolute atomic E-state index is 0.278. The molecule has 1 saturated carbocycles. The molecule has 0 aromatic heterocycles. The summed E-state index contributed by atoms with van der Waals surface area (Å²) < 4.78 is 11.6. The summed E-state index contributed by atoms with van der Waals surface area (Å²) >= 11 is 0. The first-order valence-corrected chi connectivity index (χ1v) is 7.16. The minimum Gasteiger partial charge on any atom is -0.508 e. The fraction of sp³-hybridized carbons (Fsp3) is 0.600.